The van der Waals surface area contributed by atoms with Gasteiger partial charge in [0.15, 0.2) is 0 Å². The van der Waals surface area contributed by atoms with Gasteiger partial charge in [0.25, 0.3) is 0 Å². The molecule has 1 radical (unpaired) electrons. The van der Waals surface area contributed by atoms with Crippen molar-refractivity contribution in [2.24, 2.45) is 5.92 Å². The van der Waals surface area contributed by atoms with Gasteiger partial charge in [0.1, 0.15) is 0 Å². The number of imidazole rings is 1. The van der Waals surface area contributed by atoms with Gasteiger partial charge in [0.05, 0.1) is 22.4 Å². The number of aryl methyl sites for hydroxylation is 2. The van der Waals surface area contributed by atoms with E-state index in [4.69, 9.17) is 14.4 Å². The molecule has 0 bridgehead atoms. The first-order valence-electron chi connectivity index (χ1n) is 17.7. The van der Waals surface area contributed by atoms with E-state index in [0.29, 0.717) is 11.6 Å². The number of para-hydroxylation sites is 2. The number of fused-ring (bicyclic) bond motifs is 4. The Kier molecular flexibility index (Phi) is 11.3. The van der Waals surface area contributed by atoms with Crippen molar-refractivity contribution in [3.05, 3.63) is 144 Å². The number of nitrogens with zero attached hydrogens (tertiary/aromatic N) is 4. The number of benzene rings is 4. The maximum atomic E-state index is 6.31. The molecule has 0 aliphatic carbocycles. The predicted octanol–water partition coefficient (Wildman–Crippen LogP) is 10.8. The van der Waals surface area contributed by atoms with E-state index in [0.717, 1.165) is 74.3 Å². The first-order valence-corrected chi connectivity index (χ1v) is 25.1. The minimum atomic E-state index is -1.86. The van der Waals surface area contributed by atoms with Gasteiger partial charge in [0.2, 0.25) is 5.71 Å². The minimum absolute atomic E-state index is 0. The van der Waals surface area contributed by atoms with Gasteiger partial charge in [-0.05, 0) is 36.8 Å². The standard InChI is InChI=1S/C27H20N3O.C18H24GeN.Ir/c1-17-12-14-21(25-24(17)20-15-13-18(2)28-27(20)31-25)26-29-22-10-6-7-11-23(22)30(26)16-19-8-4-3-5-9-19;1-14(2)11-16-12-18(15-9-7-6-8-10-15)20-13-17(16)19(3,4)5;/h3-13,15H,16H2,1-2H3;6-9,12-14H,11H2,1-5H3;/q2*-1;. The second-order valence-electron chi connectivity index (χ2n) is 14.8. The number of aromatic nitrogens is 4. The Bertz CT molecular complexity index is 2460. The van der Waals surface area contributed by atoms with Crippen LogP contribution >= 0.6 is 0 Å². The largest absolute Gasteiger partial charge is 0.486 e. The summed E-state index contributed by atoms with van der Waals surface area (Å²) >= 11 is -1.86. The Morgan fingerprint density at radius 3 is 2.33 bits per heavy atom. The van der Waals surface area contributed by atoms with E-state index < -0.39 is 13.3 Å². The smallest absolute Gasteiger partial charge is 0.216 e. The Hall–Kier alpha value is -4.36. The monoisotopic (exact) mass is 923 g/mol. The Morgan fingerprint density at radius 2 is 1.60 bits per heavy atom. The van der Waals surface area contributed by atoms with E-state index in [9.17, 15) is 0 Å². The van der Waals surface area contributed by atoms with Crippen molar-refractivity contribution >= 4 is 50.8 Å². The van der Waals surface area contributed by atoms with E-state index in [-0.39, 0.29) is 20.1 Å². The molecule has 8 aromatic rings. The van der Waals surface area contributed by atoms with Crippen molar-refractivity contribution in [1.29, 1.82) is 0 Å². The van der Waals surface area contributed by atoms with Crippen LogP contribution in [-0.4, -0.2) is 32.8 Å². The molecule has 0 N–H and O–H groups in total. The van der Waals surface area contributed by atoms with Crippen molar-refractivity contribution in [2.75, 3.05) is 0 Å². The fourth-order valence-electron chi connectivity index (χ4n) is 6.80. The fourth-order valence-corrected chi connectivity index (χ4v) is 10.1. The molecule has 4 aromatic carbocycles. The molecule has 0 fully saturated rings. The Balaban J connectivity index is 0.000000193. The first kappa shape index (κ1) is 37.4. The molecule has 0 saturated heterocycles. The Labute approximate surface area is 323 Å². The van der Waals surface area contributed by atoms with Gasteiger partial charge in [-0.25, -0.2) is 4.98 Å². The van der Waals surface area contributed by atoms with Crippen molar-refractivity contribution in [1.82, 2.24) is 19.5 Å². The van der Waals surface area contributed by atoms with E-state index in [1.54, 1.807) is 4.40 Å². The number of rotatable bonds is 7. The molecule has 0 spiro atoms. The summed E-state index contributed by atoms with van der Waals surface area (Å²) in [5.74, 6) is 8.85. The van der Waals surface area contributed by atoms with E-state index >= 15 is 0 Å². The van der Waals surface area contributed by atoms with Crippen LogP contribution in [0.1, 0.15) is 36.2 Å². The van der Waals surface area contributed by atoms with E-state index in [1.165, 1.54) is 11.1 Å². The summed E-state index contributed by atoms with van der Waals surface area (Å²) in [4.78, 5) is 14.3. The molecule has 0 unspecified atom stereocenters. The molecular formula is C45H44GeIrN4O-2. The molecule has 5 nitrogen and oxygen atoms in total. The van der Waals surface area contributed by atoms with Crippen LogP contribution in [0, 0.1) is 31.9 Å². The topological polar surface area (TPSA) is 56.7 Å². The quantitative estimate of drug-likeness (QED) is 0.118. The number of hydrogen-bond donors (Lipinski definition) is 0. The van der Waals surface area contributed by atoms with Crippen LogP contribution in [0.15, 0.2) is 114 Å². The second kappa shape index (κ2) is 15.7. The van der Waals surface area contributed by atoms with Crippen molar-refractivity contribution < 1.29 is 24.5 Å². The van der Waals surface area contributed by atoms with Crippen LogP contribution in [0.3, 0.4) is 0 Å². The average Bonchev–Trinajstić information content (AvgIpc) is 3.67. The molecule has 0 aliphatic heterocycles. The zero-order valence-corrected chi connectivity index (χ0v) is 35.4. The number of pyridine rings is 2. The van der Waals surface area contributed by atoms with Gasteiger partial charge in [-0.3, -0.25) is 4.98 Å². The van der Waals surface area contributed by atoms with Crippen LogP contribution < -0.4 is 4.40 Å². The minimum Gasteiger partial charge on any atom is -0.486 e. The van der Waals surface area contributed by atoms with Gasteiger partial charge in [0, 0.05) is 37.7 Å². The summed E-state index contributed by atoms with van der Waals surface area (Å²) in [5, 5.41) is 2.11. The molecular weight excluding hydrogens is 877 g/mol. The Morgan fingerprint density at radius 1 is 0.846 bits per heavy atom. The third-order valence-electron chi connectivity index (χ3n) is 9.22. The summed E-state index contributed by atoms with van der Waals surface area (Å²) in [5.41, 5.74) is 11.3. The second-order valence-corrected chi connectivity index (χ2v) is 25.4. The summed E-state index contributed by atoms with van der Waals surface area (Å²) in [6.07, 6.45) is 3.27. The predicted molar refractivity (Wildman–Crippen MR) is 214 cm³/mol. The van der Waals surface area contributed by atoms with Crippen LogP contribution in [0.4, 0.5) is 0 Å². The molecule has 8 rings (SSSR count). The number of furan rings is 1. The van der Waals surface area contributed by atoms with Crippen LogP contribution in [0.25, 0.3) is 55.7 Å². The van der Waals surface area contributed by atoms with Crippen molar-refractivity contribution in [3.8, 4) is 22.6 Å². The van der Waals surface area contributed by atoms with Crippen LogP contribution in [0.2, 0.25) is 17.3 Å². The van der Waals surface area contributed by atoms with E-state index in [1.807, 2.05) is 49.4 Å². The average molecular weight is 922 g/mol. The van der Waals surface area contributed by atoms with Gasteiger partial charge >= 0.3 is 126 Å². The SMILES string of the molecule is CC(C)Cc1cc(-c2[c-]cccc2)nc[c]1[Ge]([CH3])([CH3])[CH3].Cc1ccc2c(n1)oc1c(-c3nc4ccccc4n3Cc3ccccc3)[c-]cc(C)c12.[Ir]. The molecule has 4 heterocycles. The third kappa shape index (κ3) is 7.85. The molecule has 0 atom stereocenters. The molecule has 0 amide bonds. The summed E-state index contributed by atoms with van der Waals surface area (Å²) in [6.45, 7) is 9.36. The van der Waals surface area contributed by atoms with Gasteiger partial charge < -0.3 is 8.98 Å². The third-order valence-corrected chi connectivity index (χ3v) is 13.6. The molecule has 52 heavy (non-hydrogen) atoms. The van der Waals surface area contributed by atoms with Gasteiger partial charge in [-0.15, -0.1) is 17.7 Å². The summed E-state index contributed by atoms with van der Waals surface area (Å²) in [6, 6.07) is 41.9. The van der Waals surface area contributed by atoms with E-state index in [2.05, 4.69) is 127 Å². The zero-order chi connectivity index (χ0) is 35.7. The zero-order valence-electron chi connectivity index (χ0n) is 30.9. The van der Waals surface area contributed by atoms with Gasteiger partial charge in [-0.1, -0.05) is 60.3 Å². The van der Waals surface area contributed by atoms with Crippen LogP contribution in [0.5, 0.6) is 0 Å². The molecule has 4 aromatic heterocycles. The summed E-state index contributed by atoms with van der Waals surface area (Å²) < 4.78 is 10.1. The maximum Gasteiger partial charge on any atom is 0.216 e. The molecule has 265 valence electrons. The molecule has 0 aliphatic rings. The molecule has 0 saturated carbocycles. The fraction of sp³-hybridized carbons (Fsp3) is 0.222. The molecule has 7 heteroatoms. The first-order chi connectivity index (χ1) is 24.6. The van der Waals surface area contributed by atoms with Crippen molar-refractivity contribution in [2.45, 2.75) is 57.9 Å². The van der Waals surface area contributed by atoms with Crippen molar-refractivity contribution in [3.63, 3.8) is 0 Å². The summed E-state index contributed by atoms with van der Waals surface area (Å²) in [7, 11) is 0. The normalized spacial score (nSPS) is 11.5. The maximum absolute atomic E-state index is 6.31. The van der Waals surface area contributed by atoms with Gasteiger partial charge in [-0.2, -0.15) is 0 Å². The number of hydrogen-bond acceptors (Lipinski definition) is 4. The van der Waals surface area contributed by atoms with Crippen LogP contribution in [-0.2, 0) is 33.1 Å².